The van der Waals surface area contributed by atoms with Gasteiger partial charge in [-0.25, -0.2) is 4.39 Å². The van der Waals surface area contributed by atoms with Gasteiger partial charge in [-0.3, -0.25) is 4.98 Å². The summed E-state index contributed by atoms with van der Waals surface area (Å²) in [6.45, 7) is 3.88. The lowest BCUT2D eigenvalue weighted by molar-refractivity contribution is 0.616. The molecule has 100 valence electrons. The lowest BCUT2D eigenvalue weighted by atomic mass is 9.98. The molecule has 1 atom stereocenters. The Kier molecular flexibility index (Phi) is 4.17. The van der Waals surface area contributed by atoms with E-state index in [1.807, 2.05) is 33.0 Å². The zero-order valence-corrected chi connectivity index (χ0v) is 11.9. The molecule has 0 aliphatic carbocycles. The molecule has 1 N–H and O–H groups in total. The molecule has 0 aliphatic rings. The molecule has 2 nitrogen and oxygen atoms in total. The van der Waals surface area contributed by atoms with Crippen molar-refractivity contribution >= 4 is 11.6 Å². The minimum atomic E-state index is -0.290. The van der Waals surface area contributed by atoms with Crippen molar-refractivity contribution in [3.63, 3.8) is 0 Å². The molecule has 0 amide bonds. The summed E-state index contributed by atoms with van der Waals surface area (Å²) in [5.74, 6) is -0.290. The van der Waals surface area contributed by atoms with Crippen LogP contribution in [0.1, 0.15) is 28.6 Å². The Balaban J connectivity index is 2.52. The molecule has 2 rings (SSSR count). The topological polar surface area (TPSA) is 24.9 Å². The number of rotatable bonds is 3. The van der Waals surface area contributed by atoms with Crippen LogP contribution >= 0.6 is 11.6 Å². The summed E-state index contributed by atoms with van der Waals surface area (Å²) in [4.78, 5) is 4.35. The van der Waals surface area contributed by atoms with E-state index >= 15 is 0 Å². The molecular formula is C15H16ClFN2. The lowest BCUT2D eigenvalue weighted by Gasteiger charge is -2.19. The van der Waals surface area contributed by atoms with Crippen molar-refractivity contribution in [3.05, 3.63) is 63.7 Å². The first-order chi connectivity index (χ1) is 9.01. The second-order valence-electron chi connectivity index (χ2n) is 4.57. The van der Waals surface area contributed by atoms with Gasteiger partial charge in [0, 0.05) is 16.4 Å². The lowest BCUT2D eigenvalue weighted by Crippen LogP contribution is -2.18. The third-order valence-electron chi connectivity index (χ3n) is 2.99. The van der Waals surface area contributed by atoms with Gasteiger partial charge in [-0.05, 0) is 62.4 Å². The molecular weight excluding hydrogens is 263 g/mol. The minimum Gasteiger partial charge on any atom is -0.309 e. The molecule has 0 fully saturated rings. The van der Waals surface area contributed by atoms with Crippen LogP contribution in [0.3, 0.4) is 0 Å². The molecule has 1 heterocycles. The maximum Gasteiger partial charge on any atom is 0.123 e. The molecule has 1 aromatic carbocycles. The third kappa shape index (κ3) is 3.11. The molecule has 0 saturated heterocycles. The van der Waals surface area contributed by atoms with Gasteiger partial charge in [-0.1, -0.05) is 11.6 Å². The predicted molar refractivity (Wildman–Crippen MR) is 76.0 cm³/mol. The largest absolute Gasteiger partial charge is 0.309 e. The van der Waals surface area contributed by atoms with Gasteiger partial charge < -0.3 is 5.32 Å². The van der Waals surface area contributed by atoms with Crippen molar-refractivity contribution in [1.29, 1.82) is 0 Å². The van der Waals surface area contributed by atoms with E-state index in [1.165, 1.54) is 12.1 Å². The van der Waals surface area contributed by atoms with Crippen molar-refractivity contribution in [3.8, 4) is 0 Å². The fraction of sp³-hybridized carbons (Fsp3) is 0.267. The first-order valence-corrected chi connectivity index (χ1v) is 6.46. The van der Waals surface area contributed by atoms with Crippen LogP contribution in [0.2, 0.25) is 5.02 Å². The fourth-order valence-corrected chi connectivity index (χ4v) is 2.50. The van der Waals surface area contributed by atoms with Crippen molar-refractivity contribution < 1.29 is 4.39 Å². The summed E-state index contributed by atoms with van der Waals surface area (Å²) in [6.07, 6.45) is 0. The van der Waals surface area contributed by atoms with E-state index < -0.39 is 0 Å². The van der Waals surface area contributed by atoms with E-state index in [4.69, 9.17) is 11.6 Å². The standard InChI is InChI=1S/C15H16ClFN2/c1-9-6-11(7-10(2)19-9)15(18-3)13-8-12(17)4-5-14(13)16/h4-8,15,18H,1-3H3. The molecule has 1 unspecified atom stereocenters. The molecule has 0 saturated carbocycles. The van der Waals surface area contributed by atoms with Gasteiger partial charge in [0.25, 0.3) is 0 Å². The second-order valence-corrected chi connectivity index (χ2v) is 4.98. The quantitative estimate of drug-likeness (QED) is 0.924. The number of nitrogens with zero attached hydrogens (tertiary/aromatic N) is 1. The normalized spacial score (nSPS) is 12.5. The Bertz CT molecular complexity index is 578. The summed E-state index contributed by atoms with van der Waals surface area (Å²) < 4.78 is 13.4. The highest BCUT2D eigenvalue weighted by molar-refractivity contribution is 6.31. The summed E-state index contributed by atoms with van der Waals surface area (Å²) in [5, 5.41) is 3.73. The first-order valence-electron chi connectivity index (χ1n) is 6.08. The summed E-state index contributed by atoms with van der Waals surface area (Å²) in [5.41, 5.74) is 3.62. The SMILES string of the molecule is CNC(c1cc(C)nc(C)c1)c1cc(F)ccc1Cl. The Morgan fingerprint density at radius 3 is 2.37 bits per heavy atom. The Morgan fingerprint density at radius 1 is 1.16 bits per heavy atom. The van der Waals surface area contributed by atoms with E-state index in [1.54, 1.807) is 6.07 Å². The van der Waals surface area contributed by atoms with E-state index in [-0.39, 0.29) is 11.9 Å². The number of aryl methyl sites for hydroxylation is 2. The van der Waals surface area contributed by atoms with Crippen LogP contribution in [0.5, 0.6) is 0 Å². The van der Waals surface area contributed by atoms with E-state index in [0.717, 1.165) is 22.5 Å². The number of aromatic nitrogens is 1. The molecule has 0 radical (unpaired) electrons. The molecule has 4 heteroatoms. The molecule has 0 aliphatic heterocycles. The van der Waals surface area contributed by atoms with Crippen LogP contribution < -0.4 is 5.32 Å². The van der Waals surface area contributed by atoms with Crippen LogP contribution in [0.25, 0.3) is 0 Å². The zero-order valence-electron chi connectivity index (χ0n) is 11.2. The average Bonchev–Trinajstić information content (AvgIpc) is 2.33. The molecule has 19 heavy (non-hydrogen) atoms. The number of pyridine rings is 1. The molecule has 0 spiro atoms. The van der Waals surface area contributed by atoms with Crippen LogP contribution in [-0.4, -0.2) is 12.0 Å². The number of hydrogen-bond donors (Lipinski definition) is 1. The predicted octanol–water partition coefficient (Wildman–Crippen LogP) is 3.80. The van der Waals surface area contributed by atoms with Crippen molar-refractivity contribution in [2.75, 3.05) is 7.05 Å². The highest BCUT2D eigenvalue weighted by Crippen LogP contribution is 2.29. The highest BCUT2D eigenvalue weighted by atomic mass is 35.5. The first kappa shape index (κ1) is 14.0. The van der Waals surface area contributed by atoms with Gasteiger partial charge in [0.1, 0.15) is 5.82 Å². The van der Waals surface area contributed by atoms with E-state index in [9.17, 15) is 4.39 Å². The monoisotopic (exact) mass is 278 g/mol. The second kappa shape index (κ2) is 5.68. The zero-order chi connectivity index (χ0) is 14.0. The summed E-state index contributed by atoms with van der Waals surface area (Å²) in [7, 11) is 1.83. The molecule has 1 aromatic heterocycles. The van der Waals surface area contributed by atoms with Crippen molar-refractivity contribution in [2.24, 2.45) is 0 Å². The van der Waals surface area contributed by atoms with Gasteiger partial charge in [0.2, 0.25) is 0 Å². The van der Waals surface area contributed by atoms with Crippen LogP contribution in [0, 0.1) is 19.7 Å². The smallest absolute Gasteiger partial charge is 0.123 e. The van der Waals surface area contributed by atoms with E-state index in [2.05, 4.69) is 10.3 Å². The number of benzene rings is 1. The number of hydrogen-bond acceptors (Lipinski definition) is 2. The Hall–Kier alpha value is -1.45. The molecule has 0 bridgehead atoms. The fourth-order valence-electron chi connectivity index (χ4n) is 2.27. The van der Waals surface area contributed by atoms with E-state index in [0.29, 0.717) is 5.02 Å². The van der Waals surface area contributed by atoms with Crippen molar-refractivity contribution in [1.82, 2.24) is 10.3 Å². The Labute approximate surface area is 117 Å². The average molecular weight is 279 g/mol. The maximum atomic E-state index is 13.4. The van der Waals surface area contributed by atoms with Gasteiger partial charge in [0.15, 0.2) is 0 Å². The van der Waals surface area contributed by atoms with Gasteiger partial charge in [-0.15, -0.1) is 0 Å². The van der Waals surface area contributed by atoms with Crippen LogP contribution in [0.4, 0.5) is 4.39 Å². The van der Waals surface area contributed by atoms with Crippen molar-refractivity contribution in [2.45, 2.75) is 19.9 Å². The number of halogens is 2. The highest BCUT2D eigenvalue weighted by Gasteiger charge is 2.16. The molecule has 2 aromatic rings. The summed E-state index contributed by atoms with van der Waals surface area (Å²) >= 11 is 6.18. The number of nitrogens with one attached hydrogen (secondary N) is 1. The van der Waals surface area contributed by atoms with Gasteiger partial charge in [0.05, 0.1) is 6.04 Å². The van der Waals surface area contributed by atoms with Gasteiger partial charge in [-0.2, -0.15) is 0 Å². The van der Waals surface area contributed by atoms with Gasteiger partial charge >= 0.3 is 0 Å². The maximum absolute atomic E-state index is 13.4. The van der Waals surface area contributed by atoms with Crippen LogP contribution in [-0.2, 0) is 0 Å². The summed E-state index contributed by atoms with van der Waals surface area (Å²) in [6, 6.07) is 8.22. The third-order valence-corrected chi connectivity index (χ3v) is 3.34. The minimum absolute atomic E-state index is 0.149. The van der Waals surface area contributed by atoms with Crippen LogP contribution in [0.15, 0.2) is 30.3 Å². The Morgan fingerprint density at radius 2 is 1.79 bits per heavy atom.